The summed E-state index contributed by atoms with van der Waals surface area (Å²) in [5, 5.41) is 0. The number of fused-ring (bicyclic) bond motifs is 1. The van der Waals surface area contributed by atoms with Gasteiger partial charge in [-0.2, -0.15) is 27.8 Å². The van der Waals surface area contributed by atoms with E-state index in [1.807, 2.05) is 0 Å². The molecular formula is C14H21Cl3Ti. The van der Waals surface area contributed by atoms with Crippen LogP contribution in [0, 0.1) is 6.92 Å². The standard InChI is InChI=1S/C14H21.3ClH.Ti/c1-4-11-10(3)13-8-6-7-9-14(13)12(11)5-2;;;;/h4-9H2,1-3H3;3*1H;/q-1;;;;+4/p-3. The van der Waals surface area contributed by atoms with E-state index in [9.17, 15) is 0 Å². The Labute approximate surface area is 145 Å². The molecule has 0 nitrogen and oxygen atoms in total. The van der Waals surface area contributed by atoms with Crippen LogP contribution in [-0.2, 0) is 47.4 Å². The van der Waals surface area contributed by atoms with Crippen molar-refractivity contribution in [1.29, 1.82) is 0 Å². The summed E-state index contributed by atoms with van der Waals surface area (Å²) in [5.41, 5.74) is 8.43. The molecule has 0 aromatic heterocycles. The van der Waals surface area contributed by atoms with E-state index in [0.717, 1.165) is 0 Å². The Morgan fingerprint density at radius 3 is 2.06 bits per heavy atom. The molecule has 0 radical (unpaired) electrons. The first-order valence-electron chi connectivity index (χ1n) is 6.08. The quantitative estimate of drug-likeness (QED) is 0.372. The Bertz CT molecular complexity index is 332. The predicted molar refractivity (Wildman–Crippen MR) is 62.2 cm³/mol. The average Bonchev–Trinajstić information content (AvgIpc) is 2.51. The maximum atomic E-state index is 2.34. The smallest absolute Gasteiger partial charge is 1.00 e. The van der Waals surface area contributed by atoms with E-state index in [4.69, 9.17) is 0 Å². The van der Waals surface area contributed by atoms with Crippen LogP contribution in [0.15, 0.2) is 0 Å². The number of hydrogen-bond donors (Lipinski definition) is 0. The molecule has 0 atom stereocenters. The average molecular weight is 344 g/mol. The molecular weight excluding hydrogens is 322 g/mol. The fourth-order valence-corrected chi connectivity index (χ4v) is 3.15. The minimum atomic E-state index is 0. The third-order valence-corrected chi connectivity index (χ3v) is 3.81. The topological polar surface area (TPSA) is 0 Å². The Balaban J connectivity index is -0.000000562. The van der Waals surface area contributed by atoms with Gasteiger partial charge >= 0.3 is 21.7 Å². The SMILES string of the molecule is CCc1c(C)c2c([c-]1CC)CCCC2.[Cl-].[Cl-].[Cl-].[Ti+4]. The first kappa shape index (κ1) is 24.0. The summed E-state index contributed by atoms with van der Waals surface area (Å²) in [6, 6.07) is 0. The van der Waals surface area contributed by atoms with Gasteiger partial charge in [0.25, 0.3) is 0 Å². The molecule has 0 bridgehead atoms. The summed E-state index contributed by atoms with van der Waals surface area (Å²) in [6.07, 6.45) is 7.96. The number of hydrogen-bond acceptors (Lipinski definition) is 0. The molecule has 1 aliphatic carbocycles. The van der Waals surface area contributed by atoms with Crippen molar-refractivity contribution < 1.29 is 58.9 Å². The van der Waals surface area contributed by atoms with Gasteiger partial charge in [0.1, 0.15) is 0 Å². The monoisotopic (exact) mass is 342 g/mol. The molecule has 102 valence electrons. The van der Waals surface area contributed by atoms with E-state index < -0.39 is 0 Å². The minimum absolute atomic E-state index is 0. The van der Waals surface area contributed by atoms with Gasteiger partial charge in [-0.25, -0.2) is 0 Å². The van der Waals surface area contributed by atoms with E-state index >= 15 is 0 Å². The van der Waals surface area contributed by atoms with Crippen molar-refractivity contribution in [2.75, 3.05) is 0 Å². The molecule has 2 rings (SSSR count). The van der Waals surface area contributed by atoms with Crippen molar-refractivity contribution in [3.63, 3.8) is 0 Å². The van der Waals surface area contributed by atoms with Crippen LogP contribution in [0.2, 0.25) is 0 Å². The van der Waals surface area contributed by atoms with Crippen LogP contribution >= 0.6 is 0 Å². The second kappa shape index (κ2) is 10.7. The number of halogens is 3. The van der Waals surface area contributed by atoms with Crippen LogP contribution in [0.5, 0.6) is 0 Å². The van der Waals surface area contributed by atoms with Crippen molar-refractivity contribution in [3.8, 4) is 0 Å². The van der Waals surface area contributed by atoms with Crippen molar-refractivity contribution in [1.82, 2.24) is 0 Å². The van der Waals surface area contributed by atoms with Gasteiger partial charge in [0.15, 0.2) is 0 Å². The predicted octanol–water partition coefficient (Wildman–Crippen LogP) is -5.27. The summed E-state index contributed by atoms with van der Waals surface area (Å²) < 4.78 is 0. The summed E-state index contributed by atoms with van der Waals surface area (Å²) in [7, 11) is 0. The normalized spacial score (nSPS) is 12.2. The summed E-state index contributed by atoms with van der Waals surface area (Å²) in [4.78, 5) is 0. The molecule has 18 heavy (non-hydrogen) atoms. The van der Waals surface area contributed by atoms with Crippen LogP contribution in [-0.4, -0.2) is 0 Å². The second-order valence-electron chi connectivity index (χ2n) is 4.45. The molecule has 0 unspecified atom stereocenters. The molecule has 0 fully saturated rings. The van der Waals surface area contributed by atoms with Crippen molar-refractivity contribution in [3.05, 3.63) is 27.8 Å². The molecule has 1 aromatic carbocycles. The zero-order chi connectivity index (χ0) is 10.1. The first-order chi connectivity index (χ1) is 6.79. The largest absolute Gasteiger partial charge is 4.00 e. The Kier molecular flexibility index (Phi) is 14.2. The van der Waals surface area contributed by atoms with Gasteiger partial charge in [0.2, 0.25) is 0 Å². The summed E-state index contributed by atoms with van der Waals surface area (Å²) in [5.74, 6) is 0. The molecule has 0 N–H and O–H groups in total. The van der Waals surface area contributed by atoms with E-state index in [0.29, 0.717) is 0 Å². The number of rotatable bonds is 2. The zero-order valence-electron chi connectivity index (χ0n) is 11.4. The van der Waals surface area contributed by atoms with E-state index in [1.165, 1.54) is 38.5 Å². The fraction of sp³-hybridized carbons (Fsp3) is 0.643. The van der Waals surface area contributed by atoms with Crippen LogP contribution in [0.1, 0.15) is 54.5 Å². The van der Waals surface area contributed by atoms with E-state index in [1.54, 1.807) is 27.8 Å². The van der Waals surface area contributed by atoms with Gasteiger partial charge in [-0.05, 0) is 0 Å². The molecule has 0 aliphatic heterocycles. The fourth-order valence-electron chi connectivity index (χ4n) is 3.15. The minimum Gasteiger partial charge on any atom is -1.00 e. The van der Waals surface area contributed by atoms with Gasteiger partial charge in [-0.15, -0.1) is 0 Å². The van der Waals surface area contributed by atoms with E-state index in [2.05, 4.69) is 20.8 Å². The maximum Gasteiger partial charge on any atom is 4.00 e. The van der Waals surface area contributed by atoms with Crippen molar-refractivity contribution in [2.24, 2.45) is 0 Å². The molecule has 0 saturated heterocycles. The second-order valence-corrected chi connectivity index (χ2v) is 4.45. The molecule has 1 aliphatic rings. The Morgan fingerprint density at radius 1 is 1.00 bits per heavy atom. The van der Waals surface area contributed by atoms with Crippen molar-refractivity contribution in [2.45, 2.75) is 59.3 Å². The Morgan fingerprint density at radius 2 is 1.56 bits per heavy atom. The zero-order valence-corrected chi connectivity index (χ0v) is 15.2. The summed E-state index contributed by atoms with van der Waals surface area (Å²) >= 11 is 0. The van der Waals surface area contributed by atoms with Crippen LogP contribution in [0.25, 0.3) is 0 Å². The molecule has 0 saturated carbocycles. The van der Waals surface area contributed by atoms with Crippen LogP contribution in [0.4, 0.5) is 0 Å². The van der Waals surface area contributed by atoms with Crippen LogP contribution < -0.4 is 37.2 Å². The third-order valence-electron chi connectivity index (χ3n) is 3.81. The molecule has 1 aromatic rings. The van der Waals surface area contributed by atoms with Gasteiger partial charge in [0.05, 0.1) is 0 Å². The van der Waals surface area contributed by atoms with Crippen molar-refractivity contribution >= 4 is 0 Å². The maximum absolute atomic E-state index is 2.34. The van der Waals surface area contributed by atoms with Gasteiger partial charge in [-0.1, -0.05) is 59.3 Å². The first-order valence-corrected chi connectivity index (χ1v) is 6.08. The van der Waals surface area contributed by atoms with Gasteiger partial charge in [0, 0.05) is 0 Å². The molecule has 0 spiro atoms. The van der Waals surface area contributed by atoms with Gasteiger partial charge < -0.3 is 37.2 Å². The summed E-state index contributed by atoms with van der Waals surface area (Å²) in [6.45, 7) is 6.94. The molecule has 0 amide bonds. The Hall–Kier alpha value is 0.934. The molecule has 4 heteroatoms. The molecule has 0 heterocycles. The van der Waals surface area contributed by atoms with Gasteiger partial charge in [-0.3, -0.25) is 0 Å². The van der Waals surface area contributed by atoms with Crippen LogP contribution in [0.3, 0.4) is 0 Å². The van der Waals surface area contributed by atoms with E-state index in [-0.39, 0.29) is 58.9 Å². The third kappa shape index (κ3) is 4.22.